The van der Waals surface area contributed by atoms with Gasteiger partial charge < -0.3 is 5.32 Å². The van der Waals surface area contributed by atoms with Gasteiger partial charge in [0, 0.05) is 27.7 Å². The summed E-state index contributed by atoms with van der Waals surface area (Å²) in [6, 6.07) is 4.63. The van der Waals surface area contributed by atoms with Gasteiger partial charge in [-0.2, -0.15) is 0 Å². The maximum absolute atomic E-state index is 14.1. The molecule has 2 rings (SSSR count). The molecule has 2 nitrogen and oxygen atoms in total. The zero-order valence-corrected chi connectivity index (χ0v) is 12.6. The second-order valence-corrected chi connectivity index (χ2v) is 6.01. The Kier molecular flexibility index (Phi) is 4.55. The van der Waals surface area contributed by atoms with E-state index in [-0.39, 0.29) is 17.9 Å². The Morgan fingerprint density at radius 3 is 2.63 bits per heavy atom. The van der Waals surface area contributed by atoms with Crippen molar-refractivity contribution in [2.24, 2.45) is 0 Å². The lowest BCUT2D eigenvalue weighted by Gasteiger charge is -2.21. The standard InChI is InChI=1S/C14H16ClFN2S/c1-8(2)17-13(14-18-9(3)7-19-14)12-10(15)5-4-6-11(12)16/h4-8,13,17H,1-3H3. The van der Waals surface area contributed by atoms with E-state index in [9.17, 15) is 4.39 Å². The molecule has 19 heavy (non-hydrogen) atoms. The Balaban J connectivity index is 2.49. The maximum Gasteiger partial charge on any atom is 0.129 e. The highest BCUT2D eigenvalue weighted by Crippen LogP contribution is 2.32. The Morgan fingerprint density at radius 2 is 2.11 bits per heavy atom. The minimum Gasteiger partial charge on any atom is -0.302 e. The number of aromatic nitrogens is 1. The smallest absolute Gasteiger partial charge is 0.129 e. The van der Waals surface area contributed by atoms with E-state index in [1.165, 1.54) is 17.4 Å². The van der Waals surface area contributed by atoms with Crippen LogP contribution in [0, 0.1) is 12.7 Å². The van der Waals surface area contributed by atoms with Gasteiger partial charge in [0.1, 0.15) is 10.8 Å². The highest BCUT2D eigenvalue weighted by molar-refractivity contribution is 7.09. The summed E-state index contributed by atoms with van der Waals surface area (Å²) in [4.78, 5) is 4.45. The van der Waals surface area contributed by atoms with Crippen LogP contribution in [0.25, 0.3) is 0 Å². The molecule has 1 heterocycles. The predicted molar refractivity (Wildman–Crippen MR) is 78.4 cm³/mol. The first kappa shape index (κ1) is 14.4. The topological polar surface area (TPSA) is 24.9 Å². The fourth-order valence-electron chi connectivity index (χ4n) is 1.90. The molecule has 1 aromatic carbocycles. The van der Waals surface area contributed by atoms with E-state index in [0.717, 1.165) is 10.7 Å². The van der Waals surface area contributed by atoms with Crippen molar-refractivity contribution in [3.8, 4) is 0 Å². The van der Waals surface area contributed by atoms with Crippen LogP contribution < -0.4 is 5.32 Å². The van der Waals surface area contributed by atoms with Gasteiger partial charge in [0.2, 0.25) is 0 Å². The van der Waals surface area contributed by atoms with Gasteiger partial charge in [-0.05, 0) is 32.9 Å². The quantitative estimate of drug-likeness (QED) is 0.908. The average Bonchev–Trinajstić information content (AvgIpc) is 2.73. The average molecular weight is 299 g/mol. The van der Waals surface area contributed by atoms with Crippen LogP contribution >= 0.6 is 22.9 Å². The van der Waals surface area contributed by atoms with Gasteiger partial charge in [0.15, 0.2) is 0 Å². The van der Waals surface area contributed by atoms with E-state index >= 15 is 0 Å². The van der Waals surface area contributed by atoms with E-state index in [2.05, 4.69) is 10.3 Å². The van der Waals surface area contributed by atoms with Crippen molar-refractivity contribution >= 4 is 22.9 Å². The molecule has 0 radical (unpaired) electrons. The molecule has 0 amide bonds. The van der Waals surface area contributed by atoms with E-state index in [4.69, 9.17) is 11.6 Å². The van der Waals surface area contributed by atoms with Crippen molar-refractivity contribution in [1.82, 2.24) is 10.3 Å². The van der Waals surface area contributed by atoms with Crippen molar-refractivity contribution < 1.29 is 4.39 Å². The molecule has 0 spiro atoms. The lowest BCUT2D eigenvalue weighted by Crippen LogP contribution is -2.29. The molecule has 0 aliphatic rings. The highest BCUT2D eigenvalue weighted by Gasteiger charge is 2.23. The molecule has 1 aromatic heterocycles. The van der Waals surface area contributed by atoms with E-state index in [0.29, 0.717) is 10.6 Å². The molecular weight excluding hydrogens is 283 g/mol. The lowest BCUT2D eigenvalue weighted by molar-refractivity contribution is 0.501. The maximum atomic E-state index is 14.1. The molecular formula is C14H16ClFN2S. The Morgan fingerprint density at radius 1 is 1.37 bits per heavy atom. The summed E-state index contributed by atoms with van der Waals surface area (Å²) < 4.78 is 14.1. The molecule has 2 aromatic rings. The van der Waals surface area contributed by atoms with Crippen molar-refractivity contribution in [3.05, 3.63) is 50.7 Å². The van der Waals surface area contributed by atoms with Gasteiger partial charge >= 0.3 is 0 Å². The van der Waals surface area contributed by atoms with Crippen molar-refractivity contribution in [3.63, 3.8) is 0 Å². The van der Waals surface area contributed by atoms with Gasteiger partial charge in [-0.25, -0.2) is 9.37 Å². The number of hydrogen-bond donors (Lipinski definition) is 1. The summed E-state index contributed by atoms with van der Waals surface area (Å²) >= 11 is 7.67. The summed E-state index contributed by atoms with van der Waals surface area (Å²) in [5.41, 5.74) is 1.40. The number of thiazole rings is 1. The minimum atomic E-state index is -0.313. The molecule has 0 aliphatic heterocycles. The van der Waals surface area contributed by atoms with Crippen LogP contribution in [0.1, 0.15) is 36.2 Å². The normalized spacial score (nSPS) is 12.9. The molecule has 102 valence electrons. The summed E-state index contributed by atoms with van der Waals surface area (Å²) in [5, 5.41) is 6.54. The zero-order chi connectivity index (χ0) is 14.0. The molecule has 1 unspecified atom stereocenters. The number of halogens is 2. The van der Waals surface area contributed by atoms with Crippen molar-refractivity contribution in [2.75, 3.05) is 0 Å². The van der Waals surface area contributed by atoms with Crippen LogP contribution in [0.2, 0.25) is 5.02 Å². The monoisotopic (exact) mass is 298 g/mol. The molecule has 0 fully saturated rings. The van der Waals surface area contributed by atoms with Crippen LogP contribution in [-0.2, 0) is 0 Å². The van der Waals surface area contributed by atoms with Gasteiger partial charge in [-0.1, -0.05) is 17.7 Å². The molecule has 1 N–H and O–H groups in total. The Bertz CT molecular complexity index is 548. The highest BCUT2D eigenvalue weighted by atomic mass is 35.5. The van der Waals surface area contributed by atoms with Crippen LogP contribution in [0.4, 0.5) is 4.39 Å². The molecule has 0 saturated heterocycles. The van der Waals surface area contributed by atoms with E-state index in [1.54, 1.807) is 12.1 Å². The largest absolute Gasteiger partial charge is 0.302 e. The Hall–Kier alpha value is -0.970. The van der Waals surface area contributed by atoms with Crippen molar-refractivity contribution in [1.29, 1.82) is 0 Å². The van der Waals surface area contributed by atoms with Gasteiger partial charge in [0.05, 0.1) is 6.04 Å². The molecule has 0 aliphatic carbocycles. The van der Waals surface area contributed by atoms with Crippen LogP contribution in [-0.4, -0.2) is 11.0 Å². The number of nitrogens with zero attached hydrogens (tertiary/aromatic N) is 1. The van der Waals surface area contributed by atoms with Crippen LogP contribution in [0.3, 0.4) is 0 Å². The minimum absolute atomic E-state index is 0.199. The number of nitrogens with one attached hydrogen (secondary N) is 1. The summed E-state index contributed by atoms with van der Waals surface area (Å²) in [6.45, 7) is 5.96. The molecule has 1 atom stereocenters. The second-order valence-electron chi connectivity index (χ2n) is 4.72. The first-order chi connectivity index (χ1) is 8.99. The Labute approximate surface area is 121 Å². The molecule has 0 saturated carbocycles. The van der Waals surface area contributed by atoms with E-state index in [1.807, 2.05) is 26.2 Å². The SMILES string of the molecule is Cc1csc(C(NC(C)C)c2c(F)cccc2Cl)n1. The number of hydrogen-bond acceptors (Lipinski definition) is 3. The summed E-state index contributed by atoms with van der Waals surface area (Å²) in [7, 11) is 0. The summed E-state index contributed by atoms with van der Waals surface area (Å²) in [6.07, 6.45) is 0. The number of benzene rings is 1. The van der Waals surface area contributed by atoms with Crippen LogP contribution in [0.15, 0.2) is 23.6 Å². The number of aryl methyl sites for hydroxylation is 1. The first-order valence-electron chi connectivity index (χ1n) is 6.11. The predicted octanol–water partition coefficient (Wildman–Crippen LogP) is 4.33. The summed E-state index contributed by atoms with van der Waals surface area (Å²) in [5.74, 6) is -0.307. The molecule has 5 heteroatoms. The van der Waals surface area contributed by atoms with Crippen molar-refractivity contribution in [2.45, 2.75) is 32.9 Å². The second kappa shape index (κ2) is 5.99. The fraction of sp³-hybridized carbons (Fsp3) is 0.357. The third-order valence-corrected chi connectivity index (χ3v) is 4.03. The van der Waals surface area contributed by atoms with Crippen LogP contribution in [0.5, 0.6) is 0 Å². The third-order valence-electron chi connectivity index (χ3n) is 2.67. The number of rotatable bonds is 4. The zero-order valence-electron chi connectivity index (χ0n) is 11.1. The molecule has 0 bridgehead atoms. The lowest BCUT2D eigenvalue weighted by atomic mass is 10.1. The third kappa shape index (κ3) is 3.32. The van der Waals surface area contributed by atoms with Gasteiger partial charge in [0.25, 0.3) is 0 Å². The van der Waals surface area contributed by atoms with Gasteiger partial charge in [-0.15, -0.1) is 11.3 Å². The van der Waals surface area contributed by atoms with Gasteiger partial charge in [-0.3, -0.25) is 0 Å². The fourth-order valence-corrected chi connectivity index (χ4v) is 3.04. The van der Waals surface area contributed by atoms with E-state index < -0.39 is 0 Å². The first-order valence-corrected chi connectivity index (χ1v) is 7.36.